The predicted octanol–water partition coefficient (Wildman–Crippen LogP) is 1.62. The lowest BCUT2D eigenvalue weighted by molar-refractivity contribution is 1.89. The van der Waals surface area contributed by atoms with Crippen molar-refractivity contribution in [1.82, 2.24) is 0 Å². The van der Waals surface area contributed by atoms with E-state index < -0.39 is 0 Å². The zero-order valence-electron chi connectivity index (χ0n) is 4.56. The summed E-state index contributed by atoms with van der Waals surface area (Å²) in [5.41, 5.74) is 0. The third kappa shape index (κ3) is 1.13. The SMILES string of the molecule is [C-]#Cc1ccc(C#[C-])s1. The average molecular weight is 130 g/mol. The van der Waals surface area contributed by atoms with Crippen molar-refractivity contribution in [2.75, 3.05) is 0 Å². The van der Waals surface area contributed by atoms with Crippen LogP contribution < -0.4 is 0 Å². The molecule has 0 saturated carbocycles. The van der Waals surface area contributed by atoms with E-state index in [0.717, 1.165) is 9.75 Å². The van der Waals surface area contributed by atoms with Gasteiger partial charge < -0.3 is 24.2 Å². The molecule has 0 N–H and O–H groups in total. The minimum Gasteiger partial charge on any atom is -0.365 e. The summed E-state index contributed by atoms with van der Waals surface area (Å²) in [5, 5.41) is 0. The molecule has 9 heavy (non-hydrogen) atoms. The summed E-state index contributed by atoms with van der Waals surface area (Å²) in [6, 6.07) is 3.49. The molecule has 0 aliphatic rings. The third-order valence-electron chi connectivity index (χ3n) is 0.852. The molecule has 42 valence electrons. The molecule has 0 fully saturated rings. The van der Waals surface area contributed by atoms with Crippen molar-refractivity contribution >= 4 is 11.3 Å². The highest BCUT2D eigenvalue weighted by Crippen LogP contribution is 2.12. The molecular formula is C8H2S-2. The van der Waals surface area contributed by atoms with E-state index in [1.807, 2.05) is 0 Å². The predicted molar refractivity (Wildman–Crippen MR) is 36.8 cm³/mol. The van der Waals surface area contributed by atoms with Gasteiger partial charge in [0.25, 0.3) is 0 Å². The fraction of sp³-hybridized carbons (Fsp3) is 0. The van der Waals surface area contributed by atoms with E-state index in [9.17, 15) is 0 Å². The van der Waals surface area contributed by atoms with Crippen LogP contribution in [0.5, 0.6) is 0 Å². The first-order valence-corrected chi connectivity index (χ1v) is 3.14. The van der Waals surface area contributed by atoms with Gasteiger partial charge in [0, 0.05) is 0 Å². The molecule has 0 aliphatic heterocycles. The summed E-state index contributed by atoms with van der Waals surface area (Å²) < 4.78 is 0. The lowest BCUT2D eigenvalue weighted by Crippen LogP contribution is -1.52. The molecular weight excluding hydrogens is 128 g/mol. The van der Waals surface area contributed by atoms with Gasteiger partial charge in [0.05, 0.1) is 0 Å². The van der Waals surface area contributed by atoms with Gasteiger partial charge in [-0.05, 0) is 0 Å². The second-order valence-electron chi connectivity index (χ2n) is 1.41. The molecule has 1 heteroatoms. The van der Waals surface area contributed by atoms with Crippen LogP contribution in [0, 0.1) is 24.7 Å². The summed E-state index contributed by atoms with van der Waals surface area (Å²) in [6.45, 7) is 0. The van der Waals surface area contributed by atoms with Crippen LogP contribution in [0.25, 0.3) is 0 Å². The minimum atomic E-state index is 0.741. The van der Waals surface area contributed by atoms with E-state index in [1.165, 1.54) is 11.3 Å². The molecule has 0 spiro atoms. The van der Waals surface area contributed by atoms with Gasteiger partial charge in [-0.25, -0.2) is 0 Å². The standard InChI is InChI=1S/C8H2S/c1-3-7-5-6-8(4-2)9-7/h5-6H/q-2. The number of thiophene rings is 1. The van der Waals surface area contributed by atoms with Crippen molar-refractivity contribution in [2.24, 2.45) is 0 Å². The van der Waals surface area contributed by atoms with Gasteiger partial charge in [-0.1, -0.05) is 9.75 Å². The van der Waals surface area contributed by atoms with Gasteiger partial charge in [-0.15, -0.1) is 12.1 Å². The molecule has 0 radical (unpaired) electrons. The van der Waals surface area contributed by atoms with E-state index in [-0.39, 0.29) is 0 Å². The first kappa shape index (κ1) is 5.95. The van der Waals surface area contributed by atoms with Crippen molar-refractivity contribution in [2.45, 2.75) is 0 Å². The molecule has 0 saturated heterocycles. The molecule has 0 nitrogen and oxygen atoms in total. The Labute approximate surface area is 58.5 Å². The molecule has 0 amide bonds. The maximum Gasteiger partial charge on any atom is -0.0960 e. The van der Waals surface area contributed by atoms with Crippen LogP contribution >= 0.6 is 11.3 Å². The van der Waals surface area contributed by atoms with E-state index in [0.29, 0.717) is 0 Å². The Morgan fingerprint density at radius 3 is 1.78 bits per heavy atom. The monoisotopic (exact) mass is 130 g/mol. The highest BCUT2D eigenvalue weighted by Gasteiger charge is 1.73. The van der Waals surface area contributed by atoms with Gasteiger partial charge >= 0.3 is 0 Å². The Balaban J connectivity index is 3.08. The topological polar surface area (TPSA) is 0 Å². The van der Waals surface area contributed by atoms with E-state index >= 15 is 0 Å². The Kier molecular flexibility index (Phi) is 1.58. The summed E-state index contributed by atoms with van der Waals surface area (Å²) in [6.07, 6.45) is 13.4. The number of rotatable bonds is 0. The smallest absolute Gasteiger partial charge is 0.0960 e. The molecule has 0 atom stereocenters. The maximum atomic E-state index is 6.70. The molecule has 0 aromatic carbocycles. The van der Waals surface area contributed by atoms with Crippen molar-refractivity contribution in [3.8, 4) is 11.8 Å². The molecule has 1 aromatic heterocycles. The molecule has 1 aromatic rings. The number of hydrogen-bond donors (Lipinski definition) is 0. The zero-order valence-corrected chi connectivity index (χ0v) is 5.38. The molecule has 1 heterocycles. The van der Waals surface area contributed by atoms with Gasteiger partial charge in [0.1, 0.15) is 0 Å². The summed E-state index contributed by atoms with van der Waals surface area (Å²) in [5.74, 6) is 4.45. The van der Waals surface area contributed by atoms with Crippen molar-refractivity contribution in [1.29, 1.82) is 0 Å². The fourth-order valence-corrected chi connectivity index (χ4v) is 1.08. The number of hydrogen-bond acceptors (Lipinski definition) is 1. The van der Waals surface area contributed by atoms with E-state index in [1.54, 1.807) is 12.1 Å². The van der Waals surface area contributed by atoms with Crippen LogP contribution in [0.2, 0.25) is 0 Å². The Hall–Kier alpha value is -1.18. The van der Waals surface area contributed by atoms with Gasteiger partial charge in [-0.2, -0.15) is 0 Å². The maximum absolute atomic E-state index is 6.70. The van der Waals surface area contributed by atoms with Gasteiger partial charge in [0.2, 0.25) is 0 Å². The molecule has 1 rings (SSSR count). The summed E-state index contributed by atoms with van der Waals surface area (Å²) >= 11 is 1.34. The van der Waals surface area contributed by atoms with Crippen LogP contribution in [0.4, 0.5) is 0 Å². The quantitative estimate of drug-likeness (QED) is 0.370. The fourth-order valence-electron chi connectivity index (χ4n) is 0.472. The highest BCUT2D eigenvalue weighted by molar-refractivity contribution is 7.13. The van der Waals surface area contributed by atoms with E-state index in [2.05, 4.69) is 11.8 Å². The Morgan fingerprint density at radius 1 is 1.11 bits per heavy atom. The van der Waals surface area contributed by atoms with Gasteiger partial charge in [0.15, 0.2) is 0 Å². The molecule has 0 unspecified atom stereocenters. The zero-order chi connectivity index (χ0) is 6.69. The Morgan fingerprint density at radius 2 is 1.56 bits per heavy atom. The first-order chi connectivity index (χ1) is 4.36. The van der Waals surface area contributed by atoms with Gasteiger partial charge in [-0.3, -0.25) is 11.8 Å². The highest BCUT2D eigenvalue weighted by atomic mass is 32.1. The Bertz CT molecular complexity index is 252. The third-order valence-corrected chi connectivity index (χ3v) is 1.77. The lowest BCUT2D eigenvalue weighted by atomic mass is 10.4. The second-order valence-corrected chi connectivity index (χ2v) is 2.50. The van der Waals surface area contributed by atoms with Crippen LogP contribution in [-0.2, 0) is 0 Å². The van der Waals surface area contributed by atoms with Crippen LogP contribution in [0.15, 0.2) is 12.1 Å². The summed E-state index contributed by atoms with van der Waals surface area (Å²) in [7, 11) is 0. The normalized spacial score (nSPS) is 7.78. The average Bonchev–Trinajstić information content (AvgIpc) is 2.34. The summed E-state index contributed by atoms with van der Waals surface area (Å²) in [4.78, 5) is 1.48. The lowest BCUT2D eigenvalue weighted by Gasteiger charge is -1.91. The minimum absolute atomic E-state index is 0.741. The molecule has 0 bridgehead atoms. The van der Waals surface area contributed by atoms with Crippen molar-refractivity contribution < 1.29 is 0 Å². The van der Waals surface area contributed by atoms with Crippen LogP contribution in [0.3, 0.4) is 0 Å². The van der Waals surface area contributed by atoms with E-state index in [4.69, 9.17) is 12.8 Å². The molecule has 0 aliphatic carbocycles. The van der Waals surface area contributed by atoms with Crippen molar-refractivity contribution in [3.63, 3.8) is 0 Å². The largest absolute Gasteiger partial charge is 0.365 e. The van der Waals surface area contributed by atoms with Crippen LogP contribution in [0.1, 0.15) is 9.75 Å². The second kappa shape index (κ2) is 2.40. The van der Waals surface area contributed by atoms with Crippen LogP contribution in [-0.4, -0.2) is 0 Å². The first-order valence-electron chi connectivity index (χ1n) is 2.32. The van der Waals surface area contributed by atoms with Crippen molar-refractivity contribution in [3.05, 3.63) is 34.7 Å².